The van der Waals surface area contributed by atoms with Crippen LogP contribution in [0.2, 0.25) is 0 Å². The highest BCUT2D eigenvalue weighted by Crippen LogP contribution is 2.26. The van der Waals surface area contributed by atoms with E-state index in [9.17, 15) is 19.2 Å². The lowest BCUT2D eigenvalue weighted by molar-refractivity contribution is -0.144. The number of nitrogens with one attached hydrogen (secondary N) is 1. The van der Waals surface area contributed by atoms with E-state index in [0.717, 1.165) is 60.4 Å². The van der Waals surface area contributed by atoms with Crippen LogP contribution in [0.25, 0.3) is 6.08 Å². The van der Waals surface area contributed by atoms with E-state index in [1.54, 1.807) is 42.6 Å². The lowest BCUT2D eigenvalue weighted by Crippen LogP contribution is -2.10. The maximum atomic E-state index is 12.6. The fraction of sp³-hybridized carbons (Fsp3) is 0.237. The number of aryl methyl sites for hydroxylation is 1. The Hall–Kier alpha value is -5.97. The van der Waals surface area contributed by atoms with Crippen LogP contribution in [0.4, 0.5) is 11.4 Å². The summed E-state index contributed by atoms with van der Waals surface area (Å²) in [5.41, 5.74) is 3.35. The first-order valence-electron chi connectivity index (χ1n) is 15.6. The zero-order chi connectivity index (χ0) is 35.4. The molecule has 1 amide bonds. The van der Waals surface area contributed by atoms with E-state index in [4.69, 9.17) is 23.7 Å². The van der Waals surface area contributed by atoms with Crippen molar-refractivity contribution in [2.75, 3.05) is 25.3 Å². The Morgan fingerprint density at radius 2 is 1.43 bits per heavy atom. The summed E-state index contributed by atoms with van der Waals surface area (Å²) < 4.78 is 26.4. The number of ether oxygens (including phenoxy) is 5. The number of rotatable bonds is 19. The monoisotopic (exact) mass is 668 g/mol. The molecule has 3 aromatic carbocycles. The Morgan fingerprint density at radius 3 is 2.12 bits per heavy atom. The van der Waals surface area contributed by atoms with Crippen LogP contribution in [-0.4, -0.2) is 50.0 Å². The second-order valence-corrected chi connectivity index (χ2v) is 10.5. The van der Waals surface area contributed by atoms with Crippen LogP contribution in [0, 0.1) is 6.92 Å². The van der Waals surface area contributed by atoms with E-state index >= 15 is 0 Å². The normalized spacial score (nSPS) is 10.7. The van der Waals surface area contributed by atoms with Gasteiger partial charge < -0.3 is 29.0 Å². The van der Waals surface area contributed by atoms with Gasteiger partial charge in [0.1, 0.15) is 17.2 Å². The van der Waals surface area contributed by atoms with E-state index in [2.05, 4.69) is 23.5 Å². The third-order valence-corrected chi connectivity index (χ3v) is 6.67. The summed E-state index contributed by atoms with van der Waals surface area (Å²) >= 11 is 0. The molecule has 11 nitrogen and oxygen atoms in total. The topological polar surface area (TPSA) is 139 Å². The molecule has 0 aliphatic heterocycles. The molecule has 1 N–H and O–H groups in total. The highest BCUT2D eigenvalue weighted by atomic mass is 16.7. The highest BCUT2D eigenvalue weighted by molar-refractivity contribution is 5.94. The van der Waals surface area contributed by atoms with Crippen LogP contribution in [0.3, 0.4) is 0 Å². The van der Waals surface area contributed by atoms with Crippen LogP contribution in [0.1, 0.15) is 49.3 Å². The lowest BCUT2D eigenvalue weighted by atomic mass is 10.1. The predicted molar refractivity (Wildman–Crippen MR) is 187 cm³/mol. The van der Waals surface area contributed by atoms with Crippen LogP contribution in [0.15, 0.2) is 97.0 Å². The Balaban J connectivity index is 1.48. The number of esters is 3. The van der Waals surface area contributed by atoms with Gasteiger partial charge in [-0.2, -0.15) is 0 Å². The van der Waals surface area contributed by atoms with Crippen molar-refractivity contribution >= 4 is 47.5 Å². The highest BCUT2D eigenvalue weighted by Gasteiger charge is 2.08. The molecule has 0 aliphatic rings. The van der Waals surface area contributed by atoms with Crippen molar-refractivity contribution in [2.45, 2.75) is 39.5 Å². The summed E-state index contributed by atoms with van der Waals surface area (Å²) in [5, 5.41) is 2.68. The molecule has 0 aliphatic carbocycles. The van der Waals surface area contributed by atoms with Crippen molar-refractivity contribution in [1.82, 2.24) is 0 Å². The third kappa shape index (κ3) is 14.1. The zero-order valence-electron chi connectivity index (χ0n) is 27.6. The molecular weight excluding hydrogens is 628 g/mol. The number of hydrogen-bond acceptors (Lipinski definition) is 10. The number of hydrogen-bond donors (Lipinski definition) is 1. The molecule has 0 fully saturated rings. The lowest BCUT2D eigenvalue weighted by Gasteiger charge is -2.11. The van der Waals surface area contributed by atoms with Crippen molar-refractivity contribution in [3.05, 3.63) is 109 Å². The Bertz CT molecular complexity index is 1680. The van der Waals surface area contributed by atoms with Gasteiger partial charge in [0, 0.05) is 37.4 Å². The summed E-state index contributed by atoms with van der Waals surface area (Å²) in [5.74, 6) is -0.498. The molecule has 256 valence electrons. The SMILES string of the molecule is C=CC(=O)OCCCCCCOc1ccc(C=Nc2ccc(OC(=O)/C=C/c3ccc(OCOC(=O)C=C)cc3NC(C)=O)cc2C)cc1. The maximum Gasteiger partial charge on any atom is 0.336 e. The molecule has 0 spiro atoms. The summed E-state index contributed by atoms with van der Waals surface area (Å²) in [6.07, 6.45) is 10.3. The van der Waals surface area contributed by atoms with Gasteiger partial charge in [0.25, 0.3) is 0 Å². The van der Waals surface area contributed by atoms with Crippen molar-refractivity contribution < 1.29 is 42.9 Å². The summed E-state index contributed by atoms with van der Waals surface area (Å²) in [6.45, 7) is 10.6. The van der Waals surface area contributed by atoms with Gasteiger partial charge in [0.05, 0.1) is 24.6 Å². The van der Waals surface area contributed by atoms with Gasteiger partial charge in [-0.3, -0.25) is 9.79 Å². The molecule has 0 atom stereocenters. The first-order valence-corrected chi connectivity index (χ1v) is 15.6. The average molecular weight is 669 g/mol. The summed E-state index contributed by atoms with van der Waals surface area (Å²) in [6, 6.07) is 17.5. The molecule has 0 heterocycles. The van der Waals surface area contributed by atoms with Crippen LogP contribution in [-0.2, 0) is 28.7 Å². The number of carbonyl (C=O) groups is 4. The van der Waals surface area contributed by atoms with Crippen LogP contribution < -0.4 is 19.5 Å². The van der Waals surface area contributed by atoms with E-state index in [-0.39, 0.29) is 12.7 Å². The Morgan fingerprint density at radius 1 is 0.755 bits per heavy atom. The molecule has 0 radical (unpaired) electrons. The van der Waals surface area contributed by atoms with E-state index in [0.29, 0.717) is 36.0 Å². The number of carbonyl (C=O) groups excluding carboxylic acids is 4. The van der Waals surface area contributed by atoms with Crippen LogP contribution >= 0.6 is 0 Å². The van der Waals surface area contributed by atoms with Crippen molar-refractivity contribution in [2.24, 2.45) is 4.99 Å². The number of nitrogens with zero attached hydrogens (tertiary/aromatic N) is 1. The van der Waals surface area contributed by atoms with Crippen LogP contribution in [0.5, 0.6) is 17.2 Å². The van der Waals surface area contributed by atoms with E-state index in [1.165, 1.54) is 19.1 Å². The van der Waals surface area contributed by atoms with E-state index in [1.807, 2.05) is 31.2 Å². The van der Waals surface area contributed by atoms with Gasteiger partial charge in [-0.25, -0.2) is 14.4 Å². The minimum absolute atomic E-state index is 0.321. The molecule has 3 aromatic rings. The predicted octanol–water partition coefficient (Wildman–Crippen LogP) is 7.06. The molecule has 3 rings (SSSR count). The van der Waals surface area contributed by atoms with Gasteiger partial charge in [0.2, 0.25) is 12.7 Å². The third-order valence-electron chi connectivity index (χ3n) is 6.67. The zero-order valence-corrected chi connectivity index (χ0v) is 27.6. The summed E-state index contributed by atoms with van der Waals surface area (Å²) in [7, 11) is 0. The minimum atomic E-state index is -0.631. The molecule has 11 heteroatoms. The average Bonchev–Trinajstić information content (AvgIpc) is 3.08. The fourth-order valence-corrected chi connectivity index (χ4v) is 4.20. The molecule has 0 aromatic heterocycles. The van der Waals surface area contributed by atoms with E-state index < -0.39 is 17.9 Å². The molecule has 0 bridgehead atoms. The van der Waals surface area contributed by atoms with Gasteiger partial charge in [-0.1, -0.05) is 13.2 Å². The Kier molecular flexibility index (Phi) is 15.5. The molecule has 0 unspecified atom stereocenters. The fourth-order valence-electron chi connectivity index (χ4n) is 4.20. The number of aliphatic imine (C=N–C) groups is 1. The van der Waals surface area contributed by atoms with Gasteiger partial charge >= 0.3 is 17.9 Å². The first kappa shape index (κ1) is 37.5. The quantitative estimate of drug-likeness (QED) is 0.0355. The summed E-state index contributed by atoms with van der Waals surface area (Å²) in [4.78, 5) is 51.1. The second-order valence-electron chi connectivity index (χ2n) is 10.5. The molecule has 0 saturated carbocycles. The number of amides is 1. The Labute approximate surface area is 285 Å². The second kappa shape index (κ2) is 20.3. The maximum absolute atomic E-state index is 12.6. The van der Waals surface area contributed by atoms with Gasteiger partial charge in [-0.15, -0.1) is 0 Å². The number of benzene rings is 3. The number of unbranched alkanes of at least 4 members (excludes halogenated alkanes) is 3. The van der Waals surface area contributed by atoms with Crippen molar-refractivity contribution in [3.8, 4) is 17.2 Å². The molecule has 49 heavy (non-hydrogen) atoms. The molecule has 0 saturated heterocycles. The standard InChI is InChI=1S/C38H40N2O9/c1-5-36(42)46-22-10-8-7-9-21-45-31-15-11-29(12-16-31)25-39-34-19-18-33(23-27(34)3)49-38(44)20-14-30-13-17-32(24-35(30)40-28(4)41)47-26-48-37(43)6-2/h5-6,11-20,23-25H,1-2,7-10,21-22,26H2,3-4H3,(H,40,41)/b20-14+,39-25?. The first-order chi connectivity index (χ1) is 23.7. The molecular formula is C38H40N2O9. The number of anilines is 1. The minimum Gasteiger partial charge on any atom is -0.494 e. The van der Waals surface area contributed by atoms with Crippen molar-refractivity contribution in [1.29, 1.82) is 0 Å². The smallest absolute Gasteiger partial charge is 0.336 e. The van der Waals surface area contributed by atoms with Gasteiger partial charge in [0.15, 0.2) is 0 Å². The largest absolute Gasteiger partial charge is 0.494 e. The van der Waals surface area contributed by atoms with Crippen molar-refractivity contribution in [3.63, 3.8) is 0 Å². The van der Waals surface area contributed by atoms with Gasteiger partial charge in [-0.05, 0) is 110 Å².